The van der Waals surface area contributed by atoms with Crippen LogP contribution in [0.4, 0.5) is 0 Å². The van der Waals surface area contributed by atoms with Crippen molar-refractivity contribution in [1.82, 2.24) is 0 Å². The van der Waals surface area contributed by atoms with Gasteiger partial charge in [0.15, 0.2) is 0 Å². The maximum atomic E-state index is 13.1. The second-order valence-corrected chi connectivity index (χ2v) is 8.78. The van der Waals surface area contributed by atoms with E-state index in [1.54, 1.807) is 72.8 Å². The van der Waals surface area contributed by atoms with Crippen LogP contribution in [0.2, 0.25) is 0 Å². The fourth-order valence-electron chi connectivity index (χ4n) is 1.89. The second-order valence-electron chi connectivity index (χ2n) is 4.66. The summed E-state index contributed by atoms with van der Waals surface area (Å²) in [5, 5.41) is 0. The molecule has 3 rings (SSSR count). The van der Waals surface area contributed by atoms with E-state index in [0.717, 1.165) is 0 Å². The van der Waals surface area contributed by atoms with Gasteiger partial charge in [-0.3, -0.25) is 0 Å². The molecule has 0 unspecified atom stereocenters. The van der Waals surface area contributed by atoms with Gasteiger partial charge in [0.25, 0.3) is 0 Å². The molecule has 5 heteroatoms. The monoisotopic (exact) mass is 416 g/mol. The first-order valence-corrected chi connectivity index (χ1v) is 11.2. The van der Waals surface area contributed by atoms with Crippen molar-refractivity contribution in [2.24, 2.45) is 0 Å². The molecule has 0 atom stereocenters. The molecular formula is C18H15O4Sb. The Labute approximate surface area is 140 Å². The molecule has 0 radical (unpaired) electrons. The average molecular weight is 417 g/mol. The van der Waals surface area contributed by atoms with Gasteiger partial charge in [0.1, 0.15) is 0 Å². The minimum absolute atomic E-state index is 0.445. The summed E-state index contributed by atoms with van der Waals surface area (Å²) >= 11 is -4.96. The van der Waals surface area contributed by atoms with Crippen molar-refractivity contribution in [3.8, 4) is 17.2 Å². The van der Waals surface area contributed by atoms with Crippen LogP contribution in [0.5, 0.6) is 17.2 Å². The summed E-state index contributed by atoms with van der Waals surface area (Å²) < 4.78 is 30.0. The van der Waals surface area contributed by atoms with Gasteiger partial charge in [-0.15, -0.1) is 0 Å². The molecule has 116 valence electrons. The molecule has 0 aliphatic carbocycles. The Morgan fingerprint density at radius 3 is 1.00 bits per heavy atom. The van der Waals surface area contributed by atoms with E-state index in [0.29, 0.717) is 17.2 Å². The third-order valence-electron chi connectivity index (χ3n) is 2.88. The minimum atomic E-state index is -4.96. The van der Waals surface area contributed by atoms with Crippen LogP contribution >= 0.6 is 0 Å². The molecule has 0 aliphatic rings. The van der Waals surface area contributed by atoms with Crippen LogP contribution < -0.4 is 9.05 Å². The molecule has 0 aliphatic heterocycles. The molecule has 0 spiro atoms. The summed E-state index contributed by atoms with van der Waals surface area (Å²) in [6.45, 7) is 0. The van der Waals surface area contributed by atoms with Crippen LogP contribution in [-0.4, -0.2) is 20.1 Å². The summed E-state index contributed by atoms with van der Waals surface area (Å²) in [4.78, 5) is 0. The van der Waals surface area contributed by atoms with Crippen LogP contribution in [0.3, 0.4) is 0 Å². The van der Waals surface area contributed by atoms with E-state index in [1.807, 2.05) is 18.2 Å². The first kappa shape index (κ1) is 15.6. The zero-order chi connectivity index (χ0) is 16.0. The fourth-order valence-corrected chi connectivity index (χ4v) is 5.46. The van der Waals surface area contributed by atoms with Gasteiger partial charge in [-0.2, -0.15) is 0 Å². The first-order valence-electron chi connectivity index (χ1n) is 7.07. The Balaban J connectivity index is 1.87. The number of benzene rings is 3. The molecule has 4 nitrogen and oxygen atoms in total. The van der Waals surface area contributed by atoms with E-state index in [1.165, 1.54) is 0 Å². The van der Waals surface area contributed by atoms with Crippen molar-refractivity contribution in [3.63, 3.8) is 0 Å². The molecule has 23 heavy (non-hydrogen) atoms. The molecule has 0 N–H and O–H groups in total. The Morgan fingerprint density at radius 2 is 0.739 bits per heavy atom. The Bertz CT molecular complexity index is 668. The predicted octanol–water partition coefficient (Wildman–Crippen LogP) is 4.09. The quantitative estimate of drug-likeness (QED) is 0.567. The summed E-state index contributed by atoms with van der Waals surface area (Å²) in [5.74, 6) is 1.33. The van der Waals surface area contributed by atoms with Gasteiger partial charge in [-0.25, -0.2) is 0 Å². The van der Waals surface area contributed by atoms with Crippen LogP contribution in [0.25, 0.3) is 0 Å². The van der Waals surface area contributed by atoms with E-state index in [9.17, 15) is 3.02 Å². The SMILES string of the molecule is [O]=[Sb]([O]c1ccccc1)([O]c1ccccc1)[O]c1ccccc1. The number of hydrogen-bond acceptors (Lipinski definition) is 4. The van der Waals surface area contributed by atoms with Gasteiger partial charge in [0.2, 0.25) is 0 Å². The maximum absolute atomic E-state index is 13.1. The van der Waals surface area contributed by atoms with E-state index in [2.05, 4.69) is 0 Å². The molecule has 0 bridgehead atoms. The fraction of sp³-hybridized carbons (Fsp3) is 0. The van der Waals surface area contributed by atoms with Crippen LogP contribution in [-0.2, 0) is 3.02 Å². The zero-order valence-electron chi connectivity index (χ0n) is 12.2. The predicted molar refractivity (Wildman–Crippen MR) is 87.7 cm³/mol. The molecule has 3 aromatic rings. The Morgan fingerprint density at radius 1 is 0.478 bits per heavy atom. The molecule has 0 saturated heterocycles. The van der Waals surface area contributed by atoms with E-state index in [4.69, 9.17) is 9.05 Å². The van der Waals surface area contributed by atoms with Crippen LogP contribution in [0, 0.1) is 0 Å². The number of hydrogen-bond donors (Lipinski definition) is 0. The van der Waals surface area contributed by atoms with Crippen molar-refractivity contribution < 1.29 is 12.1 Å². The first-order chi connectivity index (χ1) is 11.2. The van der Waals surface area contributed by atoms with Gasteiger partial charge in [-0.05, 0) is 0 Å². The number of rotatable bonds is 6. The van der Waals surface area contributed by atoms with Gasteiger partial charge in [0.05, 0.1) is 0 Å². The summed E-state index contributed by atoms with van der Waals surface area (Å²) in [5.41, 5.74) is 0. The molecule has 0 saturated carbocycles. The molecular weight excluding hydrogens is 402 g/mol. The summed E-state index contributed by atoms with van der Waals surface area (Å²) in [6, 6.07) is 26.6. The van der Waals surface area contributed by atoms with Crippen molar-refractivity contribution in [2.45, 2.75) is 0 Å². The molecule has 0 fully saturated rings. The van der Waals surface area contributed by atoms with Gasteiger partial charge in [-0.1, -0.05) is 0 Å². The van der Waals surface area contributed by atoms with E-state index >= 15 is 0 Å². The topological polar surface area (TPSA) is 44.8 Å². The van der Waals surface area contributed by atoms with Crippen LogP contribution in [0.15, 0.2) is 91.0 Å². The molecule has 0 aromatic heterocycles. The van der Waals surface area contributed by atoms with Crippen LogP contribution in [0.1, 0.15) is 0 Å². The van der Waals surface area contributed by atoms with Gasteiger partial charge < -0.3 is 0 Å². The summed E-state index contributed by atoms with van der Waals surface area (Å²) in [6.07, 6.45) is 0. The van der Waals surface area contributed by atoms with Crippen molar-refractivity contribution >= 4 is 20.1 Å². The Hall–Kier alpha value is -2.32. The normalized spacial score (nSPS) is 10.8. The zero-order valence-corrected chi connectivity index (χ0v) is 14.8. The summed E-state index contributed by atoms with van der Waals surface area (Å²) in [7, 11) is 0. The average Bonchev–Trinajstić information content (AvgIpc) is 2.57. The molecule has 0 amide bonds. The molecule has 3 aromatic carbocycles. The van der Waals surface area contributed by atoms with E-state index in [-0.39, 0.29) is 0 Å². The van der Waals surface area contributed by atoms with Crippen molar-refractivity contribution in [1.29, 1.82) is 0 Å². The van der Waals surface area contributed by atoms with Gasteiger partial charge in [0, 0.05) is 0 Å². The third kappa shape index (κ3) is 4.57. The Kier molecular flexibility index (Phi) is 4.94. The van der Waals surface area contributed by atoms with Crippen molar-refractivity contribution in [3.05, 3.63) is 91.0 Å². The van der Waals surface area contributed by atoms with Gasteiger partial charge >= 0.3 is 140 Å². The van der Waals surface area contributed by atoms with Crippen molar-refractivity contribution in [2.75, 3.05) is 0 Å². The number of para-hydroxylation sites is 3. The standard InChI is InChI=1S/3C6H6O.O.Sb/c3*7-6-4-2-1-3-5-6;;/h3*1-5,7H;;/q;;;;+3/p-3. The molecule has 0 heterocycles. The second kappa shape index (κ2) is 7.29. The van der Waals surface area contributed by atoms with E-state index < -0.39 is 20.1 Å². The third-order valence-corrected chi connectivity index (χ3v) is 6.60.